The maximum Gasteiger partial charge on any atom is 0.227 e. The molecule has 1 saturated heterocycles. The maximum atomic E-state index is 12.9. The van der Waals surface area contributed by atoms with Crippen molar-refractivity contribution >= 4 is 23.3 Å². The number of hydrogen-bond acceptors (Lipinski definition) is 3. The molecule has 2 aromatic rings. The van der Waals surface area contributed by atoms with E-state index in [1.54, 1.807) is 24.5 Å². The summed E-state index contributed by atoms with van der Waals surface area (Å²) in [6, 6.07) is 9.07. The Labute approximate surface area is 152 Å². The molecule has 1 atom stereocenters. The maximum absolute atomic E-state index is 12.9. The standard InChI is InChI=1S/C20H21ClN2O2/c1-14-10-17(21)6-7-18(14)20(25)16-5-3-9-23(13-16)19(24)11-15-4-2-8-22-12-15/h2,4,6-8,10,12,16H,3,5,9,11,13H2,1H3/t16-/m0/s1. The van der Waals surface area contributed by atoms with Crippen LogP contribution in [0, 0.1) is 12.8 Å². The predicted octanol–water partition coefficient (Wildman–Crippen LogP) is 3.71. The summed E-state index contributed by atoms with van der Waals surface area (Å²) in [5, 5.41) is 0.631. The van der Waals surface area contributed by atoms with Crippen molar-refractivity contribution in [2.45, 2.75) is 26.2 Å². The largest absolute Gasteiger partial charge is 0.342 e. The van der Waals surface area contributed by atoms with Gasteiger partial charge in [-0.2, -0.15) is 0 Å². The molecule has 2 heterocycles. The molecule has 1 amide bonds. The van der Waals surface area contributed by atoms with Crippen molar-refractivity contribution in [1.82, 2.24) is 9.88 Å². The van der Waals surface area contributed by atoms with E-state index in [0.29, 0.717) is 30.1 Å². The lowest BCUT2D eigenvalue weighted by Crippen LogP contribution is -2.43. The van der Waals surface area contributed by atoms with Crippen LogP contribution in [0.25, 0.3) is 0 Å². The lowest BCUT2D eigenvalue weighted by Gasteiger charge is -2.32. The fourth-order valence-electron chi connectivity index (χ4n) is 3.33. The van der Waals surface area contributed by atoms with Gasteiger partial charge in [0.2, 0.25) is 5.91 Å². The van der Waals surface area contributed by atoms with Crippen LogP contribution >= 0.6 is 11.6 Å². The van der Waals surface area contributed by atoms with E-state index in [4.69, 9.17) is 11.6 Å². The van der Waals surface area contributed by atoms with Gasteiger partial charge in [0.25, 0.3) is 0 Å². The second-order valence-corrected chi connectivity index (χ2v) is 6.98. The van der Waals surface area contributed by atoms with Crippen LogP contribution in [0.15, 0.2) is 42.7 Å². The summed E-state index contributed by atoms with van der Waals surface area (Å²) in [4.78, 5) is 31.3. The number of carbonyl (C=O) groups is 2. The second kappa shape index (κ2) is 7.79. The predicted molar refractivity (Wildman–Crippen MR) is 97.8 cm³/mol. The van der Waals surface area contributed by atoms with Gasteiger partial charge in [-0.25, -0.2) is 0 Å². The third kappa shape index (κ3) is 4.26. The SMILES string of the molecule is Cc1cc(Cl)ccc1C(=O)[C@H]1CCCN(C(=O)Cc2cccnc2)C1. The minimum Gasteiger partial charge on any atom is -0.342 e. The van der Waals surface area contributed by atoms with Gasteiger partial charge >= 0.3 is 0 Å². The molecule has 0 unspecified atom stereocenters. The average molecular weight is 357 g/mol. The van der Waals surface area contributed by atoms with E-state index in [2.05, 4.69) is 4.98 Å². The number of hydrogen-bond donors (Lipinski definition) is 0. The Kier molecular flexibility index (Phi) is 5.49. The first-order valence-corrected chi connectivity index (χ1v) is 8.89. The lowest BCUT2D eigenvalue weighted by atomic mass is 9.88. The smallest absolute Gasteiger partial charge is 0.227 e. The topological polar surface area (TPSA) is 50.3 Å². The van der Waals surface area contributed by atoms with Gasteiger partial charge in [-0.15, -0.1) is 0 Å². The van der Waals surface area contributed by atoms with Crippen molar-refractivity contribution < 1.29 is 9.59 Å². The molecular formula is C20H21ClN2O2. The van der Waals surface area contributed by atoms with Crippen LogP contribution in [0.5, 0.6) is 0 Å². The van der Waals surface area contributed by atoms with Gasteiger partial charge in [-0.1, -0.05) is 17.7 Å². The molecule has 0 N–H and O–H groups in total. The van der Waals surface area contributed by atoms with E-state index in [1.807, 2.05) is 30.0 Å². The second-order valence-electron chi connectivity index (χ2n) is 6.54. The minimum atomic E-state index is -0.147. The number of pyridine rings is 1. The molecule has 0 bridgehead atoms. The number of amides is 1. The van der Waals surface area contributed by atoms with Crippen LogP contribution < -0.4 is 0 Å². The molecule has 1 aliphatic heterocycles. The van der Waals surface area contributed by atoms with Crippen molar-refractivity contribution in [2.24, 2.45) is 5.92 Å². The monoisotopic (exact) mass is 356 g/mol. The van der Waals surface area contributed by atoms with E-state index in [1.165, 1.54) is 0 Å². The van der Waals surface area contributed by atoms with Crippen LogP contribution in [0.2, 0.25) is 5.02 Å². The van der Waals surface area contributed by atoms with Crippen LogP contribution in [0.1, 0.15) is 34.3 Å². The van der Waals surface area contributed by atoms with Gasteiger partial charge in [0.15, 0.2) is 5.78 Å². The van der Waals surface area contributed by atoms with E-state index in [0.717, 1.165) is 24.0 Å². The highest BCUT2D eigenvalue weighted by Gasteiger charge is 2.29. The Hall–Kier alpha value is -2.20. The van der Waals surface area contributed by atoms with Crippen molar-refractivity contribution in [3.8, 4) is 0 Å². The zero-order valence-electron chi connectivity index (χ0n) is 14.2. The molecule has 3 rings (SSSR count). The van der Waals surface area contributed by atoms with Crippen LogP contribution in [-0.4, -0.2) is 34.7 Å². The summed E-state index contributed by atoms with van der Waals surface area (Å²) in [7, 11) is 0. The third-order valence-corrected chi connectivity index (χ3v) is 4.91. The van der Waals surface area contributed by atoms with Crippen molar-refractivity contribution in [3.05, 3.63) is 64.4 Å². The molecule has 25 heavy (non-hydrogen) atoms. The van der Waals surface area contributed by atoms with Gasteiger partial charge < -0.3 is 4.90 Å². The summed E-state index contributed by atoms with van der Waals surface area (Å²) < 4.78 is 0. The molecule has 0 saturated carbocycles. The molecule has 5 heteroatoms. The number of halogens is 1. The molecule has 0 aliphatic carbocycles. The quantitative estimate of drug-likeness (QED) is 0.785. The first-order valence-electron chi connectivity index (χ1n) is 8.51. The number of Topliss-reactive ketones (excluding diaryl/α,β-unsaturated/α-hetero) is 1. The number of aryl methyl sites for hydroxylation is 1. The fourth-order valence-corrected chi connectivity index (χ4v) is 3.56. The molecular weight excluding hydrogens is 336 g/mol. The van der Waals surface area contributed by atoms with E-state index < -0.39 is 0 Å². The number of carbonyl (C=O) groups excluding carboxylic acids is 2. The van der Waals surface area contributed by atoms with Crippen LogP contribution in [-0.2, 0) is 11.2 Å². The third-order valence-electron chi connectivity index (χ3n) is 4.68. The van der Waals surface area contributed by atoms with Crippen molar-refractivity contribution in [3.63, 3.8) is 0 Å². The van der Waals surface area contributed by atoms with Gasteiger partial charge in [0.05, 0.1) is 6.42 Å². The van der Waals surface area contributed by atoms with Crippen molar-refractivity contribution in [1.29, 1.82) is 0 Å². The molecule has 4 nitrogen and oxygen atoms in total. The lowest BCUT2D eigenvalue weighted by molar-refractivity contribution is -0.131. The highest BCUT2D eigenvalue weighted by atomic mass is 35.5. The van der Waals surface area contributed by atoms with Crippen LogP contribution in [0.3, 0.4) is 0 Å². The van der Waals surface area contributed by atoms with Crippen molar-refractivity contribution in [2.75, 3.05) is 13.1 Å². The molecule has 0 spiro atoms. The molecule has 1 aromatic carbocycles. The summed E-state index contributed by atoms with van der Waals surface area (Å²) in [5.74, 6) is 0.0119. The Balaban J connectivity index is 1.68. The van der Waals surface area contributed by atoms with Crippen LogP contribution in [0.4, 0.5) is 0 Å². The highest BCUT2D eigenvalue weighted by molar-refractivity contribution is 6.30. The molecule has 1 aromatic heterocycles. The number of likely N-dealkylation sites (tertiary alicyclic amines) is 1. The summed E-state index contributed by atoms with van der Waals surface area (Å²) in [5.41, 5.74) is 2.49. The van der Waals surface area contributed by atoms with Gasteiger partial charge in [-0.05, 0) is 55.2 Å². The Morgan fingerprint density at radius 2 is 2.16 bits per heavy atom. The number of ketones is 1. The number of nitrogens with zero attached hydrogens (tertiary/aromatic N) is 2. The molecule has 1 aliphatic rings. The number of piperidine rings is 1. The van der Waals surface area contributed by atoms with Gasteiger partial charge in [-0.3, -0.25) is 14.6 Å². The zero-order valence-corrected chi connectivity index (χ0v) is 15.0. The highest BCUT2D eigenvalue weighted by Crippen LogP contribution is 2.24. The number of aromatic nitrogens is 1. The number of rotatable bonds is 4. The van der Waals surface area contributed by atoms with Gasteiger partial charge in [0.1, 0.15) is 0 Å². The van der Waals surface area contributed by atoms with E-state index in [9.17, 15) is 9.59 Å². The summed E-state index contributed by atoms with van der Waals surface area (Å²) in [6.45, 7) is 3.09. The van der Waals surface area contributed by atoms with E-state index in [-0.39, 0.29) is 17.6 Å². The summed E-state index contributed by atoms with van der Waals surface area (Å²) >= 11 is 5.98. The van der Waals surface area contributed by atoms with Gasteiger partial charge in [0, 0.05) is 42.0 Å². The Morgan fingerprint density at radius 1 is 1.32 bits per heavy atom. The Morgan fingerprint density at radius 3 is 2.88 bits per heavy atom. The fraction of sp³-hybridized carbons (Fsp3) is 0.350. The normalized spacial score (nSPS) is 17.4. The average Bonchev–Trinajstić information content (AvgIpc) is 2.62. The molecule has 0 radical (unpaired) electrons. The Bertz CT molecular complexity index is 777. The number of benzene rings is 1. The molecule has 130 valence electrons. The molecule has 1 fully saturated rings. The zero-order chi connectivity index (χ0) is 17.8. The summed E-state index contributed by atoms with van der Waals surface area (Å²) in [6.07, 6.45) is 5.40. The van der Waals surface area contributed by atoms with E-state index >= 15 is 0 Å². The minimum absolute atomic E-state index is 0.0540. The first kappa shape index (κ1) is 17.6. The first-order chi connectivity index (χ1) is 12.0.